The smallest absolute Gasteiger partial charge is 0.254 e. The van der Waals surface area contributed by atoms with Crippen molar-refractivity contribution in [3.05, 3.63) is 101 Å². The number of anilines is 1. The molecule has 228 valence electrons. The molecule has 0 radical (unpaired) electrons. The Balaban J connectivity index is 1.18. The third-order valence-corrected chi connectivity index (χ3v) is 8.63. The van der Waals surface area contributed by atoms with Crippen LogP contribution in [0.1, 0.15) is 63.2 Å². The first-order valence-corrected chi connectivity index (χ1v) is 15.0. The second-order valence-corrected chi connectivity index (χ2v) is 11.6. The van der Waals surface area contributed by atoms with Gasteiger partial charge in [-0.25, -0.2) is 19.3 Å². The predicted molar refractivity (Wildman–Crippen MR) is 168 cm³/mol. The molecule has 6 aromatic rings. The summed E-state index contributed by atoms with van der Waals surface area (Å²) >= 11 is 0. The number of benzene rings is 2. The Kier molecular flexibility index (Phi) is 6.38. The minimum absolute atomic E-state index is 0.159. The topological polar surface area (TPSA) is 154 Å². The fraction of sp³-hybridized carbons (Fsp3) is 0.176. The van der Waals surface area contributed by atoms with E-state index in [0.29, 0.717) is 53.5 Å². The van der Waals surface area contributed by atoms with Gasteiger partial charge in [0.2, 0.25) is 0 Å². The van der Waals surface area contributed by atoms with Crippen molar-refractivity contribution in [2.24, 2.45) is 0 Å². The summed E-state index contributed by atoms with van der Waals surface area (Å²) in [5.74, 6) is -1.17. The molecule has 8 rings (SSSR count). The van der Waals surface area contributed by atoms with E-state index >= 15 is 0 Å². The van der Waals surface area contributed by atoms with Gasteiger partial charge in [0.15, 0.2) is 17.8 Å². The predicted octanol–water partition coefficient (Wildman–Crippen LogP) is 5.34. The van der Waals surface area contributed by atoms with Gasteiger partial charge in [0.1, 0.15) is 28.6 Å². The first-order chi connectivity index (χ1) is 22.4. The van der Waals surface area contributed by atoms with Gasteiger partial charge in [-0.2, -0.15) is 5.10 Å². The number of nitrogens with two attached hydrogens (primary N) is 1. The van der Waals surface area contributed by atoms with Gasteiger partial charge in [0.05, 0.1) is 34.5 Å². The second kappa shape index (κ2) is 10.6. The maximum Gasteiger partial charge on any atom is 0.254 e. The molecule has 11 nitrogen and oxygen atoms in total. The molecule has 46 heavy (non-hydrogen) atoms. The van der Waals surface area contributed by atoms with Crippen molar-refractivity contribution in [2.45, 2.75) is 37.8 Å². The zero-order valence-corrected chi connectivity index (χ0v) is 24.4. The number of nitrogen functional groups attached to an aromatic ring is 1. The number of rotatable bonds is 7. The highest BCUT2D eigenvalue weighted by Gasteiger charge is 2.28. The van der Waals surface area contributed by atoms with E-state index in [1.807, 2.05) is 64.0 Å². The van der Waals surface area contributed by atoms with Crippen molar-refractivity contribution >= 4 is 29.2 Å². The summed E-state index contributed by atoms with van der Waals surface area (Å²) in [5.41, 5.74) is 12.0. The Hall–Kier alpha value is -5.91. The van der Waals surface area contributed by atoms with Crippen molar-refractivity contribution in [3.63, 3.8) is 0 Å². The minimum Gasteiger partial charge on any atom is -0.507 e. The average molecular weight is 615 g/mol. The summed E-state index contributed by atoms with van der Waals surface area (Å²) in [6.07, 6.45) is 7.53. The largest absolute Gasteiger partial charge is 0.507 e. The van der Waals surface area contributed by atoms with Crippen LogP contribution in [0.5, 0.6) is 5.75 Å². The Morgan fingerprint density at radius 1 is 1.04 bits per heavy atom. The Labute approximate surface area is 261 Å². The molecule has 0 spiro atoms. The van der Waals surface area contributed by atoms with E-state index in [-0.39, 0.29) is 17.2 Å². The van der Waals surface area contributed by atoms with Gasteiger partial charge in [0, 0.05) is 24.1 Å². The molecule has 4 N–H and O–H groups in total. The van der Waals surface area contributed by atoms with Crippen LogP contribution in [0.25, 0.3) is 39.6 Å². The first kappa shape index (κ1) is 27.6. The molecule has 12 heteroatoms. The molecule has 0 bridgehead atoms. The number of aromatic hydroxyl groups is 1. The van der Waals surface area contributed by atoms with E-state index < -0.39 is 17.5 Å². The van der Waals surface area contributed by atoms with E-state index in [1.54, 1.807) is 6.20 Å². The van der Waals surface area contributed by atoms with Crippen LogP contribution in [0, 0.1) is 5.82 Å². The SMILES string of the molecule is Nc1ncccc1-c1nc2ccc(-c3ccn(C4CC4)n3)nc2n1-c1ccc2c(c1)CC[C@@H]2NC(=O)c1cc(C=O)c(O)cc1F. The third-order valence-electron chi connectivity index (χ3n) is 8.63. The van der Waals surface area contributed by atoms with E-state index in [9.17, 15) is 19.1 Å². The summed E-state index contributed by atoms with van der Waals surface area (Å²) in [4.78, 5) is 38.5. The second-order valence-electron chi connectivity index (χ2n) is 11.6. The summed E-state index contributed by atoms with van der Waals surface area (Å²) in [5, 5.41) is 17.4. The van der Waals surface area contributed by atoms with Crippen LogP contribution in [0.15, 0.2) is 73.1 Å². The Bertz CT molecular complexity index is 2200. The highest BCUT2D eigenvalue weighted by atomic mass is 19.1. The number of phenolic OH excluding ortho intramolecular Hbond substituents is 1. The van der Waals surface area contributed by atoms with Gasteiger partial charge < -0.3 is 16.2 Å². The minimum atomic E-state index is -0.908. The zero-order chi connectivity index (χ0) is 31.5. The van der Waals surface area contributed by atoms with Crippen molar-refractivity contribution in [2.75, 3.05) is 5.73 Å². The Morgan fingerprint density at radius 2 is 1.91 bits per heavy atom. The molecule has 2 aliphatic carbocycles. The lowest BCUT2D eigenvalue weighted by Gasteiger charge is -2.16. The molecule has 2 aliphatic rings. The summed E-state index contributed by atoms with van der Waals surface area (Å²) in [7, 11) is 0. The number of nitrogens with one attached hydrogen (secondary N) is 1. The van der Waals surface area contributed by atoms with Crippen LogP contribution in [0.2, 0.25) is 0 Å². The van der Waals surface area contributed by atoms with Crippen LogP contribution in [0.3, 0.4) is 0 Å². The number of amides is 1. The number of phenols is 1. The van der Waals surface area contributed by atoms with Crippen molar-refractivity contribution in [3.8, 4) is 34.2 Å². The Morgan fingerprint density at radius 3 is 2.72 bits per heavy atom. The lowest BCUT2D eigenvalue weighted by atomic mass is 10.1. The van der Waals surface area contributed by atoms with Gasteiger partial charge in [-0.1, -0.05) is 6.07 Å². The lowest BCUT2D eigenvalue weighted by Crippen LogP contribution is -2.28. The number of carbonyl (C=O) groups is 2. The van der Waals surface area contributed by atoms with Crippen molar-refractivity contribution < 1.29 is 19.1 Å². The lowest BCUT2D eigenvalue weighted by molar-refractivity contribution is 0.0932. The maximum absolute atomic E-state index is 14.5. The molecule has 2 aromatic carbocycles. The zero-order valence-electron chi connectivity index (χ0n) is 24.4. The van der Waals surface area contributed by atoms with Crippen LogP contribution in [0.4, 0.5) is 10.2 Å². The number of aldehydes is 1. The normalized spacial score (nSPS) is 15.6. The van der Waals surface area contributed by atoms with Gasteiger partial charge in [0.25, 0.3) is 5.91 Å². The van der Waals surface area contributed by atoms with Crippen molar-refractivity contribution in [1.29, 1.82) is 0 Å². The monoisotopic (exact) mass is 614 g/mol. The molecule has 0 aliphatic heterocycles. The molecule has 4 heterocycles. The standard InChI is InChI=1S/C34H27FN8O3/c35-25-16-30(45)19(17-44)15-24(25)34(46)40-26-8-3-18-14-21(6-7-22(18)26)43-32(23-2-1-12-37-31(23)36)39-29-10-9-27(38-33(29)43)28-11-13-42(41-28)20-4-5-20/h1-2,6-7,9-17,20,26,45H,3-5,8H2,(H2,36,37)(H,40,46)/t26-/m0/s1. The molecule has 1 saturated carbocycles. The molecule has 4 aromatic heterocycles. The number of fused-ring (bicyclic) bond motifs is 2. The number of aryl methyl sites for hydroxylation is 1. The number of carbonyl (C=O) groups excluding carboxylic acids is 2. The summed E-state index contributed by atoms with van der Waals surface area (Å²) in [6.45, 7) is 0. The first-order valence-electron chi connectivity index (χ1n) is 15.0. The molecule has 1 fully saturated rings. The van der Waals surface area contributed by atoms with Gasteiger partial charge >= 0.3 is 0 Å². The molecule has 1 atom stereocenters. The number of imidazole rings is 1. The number of halogens is 1. The number of pyridine rings is 2. The highest BCUT2D eigenvalue weighted by molar-refractivity contribution is 5.97. The van der Waals surface area contributed by atoms with E-state index in [2.05, 4.69) is 10.3 Å². The van der Waals surface area contributed by atoms with Crippen LogP contribution in [-0.4, -0.2) is 46.6 Å². The maximum atomic E-state index is 14.5. The molecular formula is C34H27FN8O3. The highest BCUT2D eigenvalue weighted by Crippen LogP contribution is 2.37. The van der Waals surface area contributed by atoms with Crippen LogP contribution >= 0.6 is 0 Å². The molecule has 1 amide bonds. The quantitative estimate of drug-likeness (QED) is 0.204. The number of hydrogen-bond donors (Lipinski definition) is 3. The number of aromatic nitrogens is 6. The van der Waals surface area contributed by atoms with Gasteiger partial charge in [-0.15, -0.1) is 0 Å². The van der Waals surface area contributed by atoms with Crippen molar-refractivity contribution in [1.82, 2.24) is 34.6 Å². The van der Waals surface area contributed by atoms with Crippen LogP contribution < -0.4 is 11.1 Å². The van der Waals surface area contributed by atoms with E-state index in [0.717, 1.165) is 53.2 Å². The third kappa shape index (κ3) is 4.66. The summed E-state index contributed by atoms with van der Waals surface area (Å²) in [6, 6.07) is 17.3. The average Bonchev–Trinajstić information content (AvgIpc) is 3.47. The molecule has 0 unspecified atom stereocenters. The van der Waals surface area contributed by atoms with E-state index in [4.69, 9.17) is 20.8 Å². The van der Waals surface area contributed by atoms with Gasteiger partial charge in [-0.05, 0) is 85.3 Å². The molecular weight excluding hydrogens is 587 g/mol. The number of hydrogen-bond acceptors (Lipinski definition) is 8. The number of nitrogens with zero attached hydrogens (tertiary/aromatic N) is 6. The fourth-order valence-corrected chi connectivity index (χ4v) is 6.13. The van der Waals surface area contributed by atoms with E-state index in [1.165, 1.54) is 0 Å². The fourth-order valence-electron chi connectivity index (χ4n) is 6.13. The van der Waals surface area contributed by atoms with Gasteiger partial charge in [-0.3, -0.25) is 18.8 Å². The molecule has 0 saturated heterocycles. The van der Waals surface area contributed by atoms with Crippen LogP contribution in [-0.2, 0) is 6.42 Å². The summed E-state index contributed by atoms with van der Waals surface area (Å²) < 4.78 is 18.5.